The number of likely N-dealkylation sites (N-methyl/N-ethyl adjacent to an activating group) is 1. The molecule has 0 spiro atoms. The number of amides is 1. The molecular weight excluding hydrogens is 188 g/mol. The molecule has 1 aliphatic heterocycles. The van der Waals surface area contributed by atoms with Crippen molar-refractivity contribution in [1.82, 2.24) is 10.4 Å². The van der Waals surface area contributed by atoms with Gasteiger partial charge in [0, 0.05) is 11.9 Å². The van der Waals surface area contributed by atoms with Gasteiger partial charge in [-0.2, -0.15) is 0 Å². The molecule has 13 heavy (non-hydrogen) atoms. The molecule has 1 aromatic heterocycles. The molecule has 1 amide bonds. The van der Waals surface area contributed by atoms with Crippen LogP contribution in [0.4, 0.5) is 0 Å². The van der Waals surface area contributed by atoms with Crippen LogP contribution in [0, 0.1) is 0 Å². The standard InChI is InChI=1S/C8H8N2O2S/c1-10-8(12)7(11)6(9-10)5-3-2-4-13-5/h2-4,6,9H,1H3. The number of nitrogens with zero attached hydrogens (tertiary/aromatic N) is 1. The van der Waals surface area contributed by atoms with Crippen molar-refractivity contribution in [3.05, 3.63) is 22.4 Å². The average Bonchev–Trinajstić information content (AvgIpc) is 2.70. The quantitative estimate of drug-likeness (QED) is 0.659. The van der Waals surface area contributed by atoms with E-state index in [-0.39, 0.29) is 5.78 Å². The molecule has 2 heterocycles. The molecule has 68 valence electrons. The average molecular weight is 196 g/mol. The third-order valence-corrected chi connectivity index (χ3v) is 2.87. The molecule has 5 heteroatoms. The van der Waals surface area contributed by atoms with Crippen molar-refractivity contribution in [3.8, 4) is 0 Å². The number of carbonyl (C=O) groups excluding carboxylic acids is 2. The van der Waals surface area contributed by atoms with Crippen LogP contribution in [0.2, 0.25) is 0 Å². The van der Waals surface area contributed by atoms with Crippen molar-refractivity contribution in [3.63, 3.8) is 0 Å². The highest BCUT2D eigenvalue weighted by Crippen LogP contribution is 2.23. The van der Waals surface area contributed by atoms with Crippen LogP contribution in [0.1, 0.15) is 10.9 Å². The molecule has 0 aromatic carbocycles. The fourth-order valence-corrected chi connectivity index (χ4v) is 2.02. The van der Waals surface area contributed by atoms with Crippen LogP contribution in [0.3, 0.4) is 0 Å². The highest BCUT2D eigenvalue weighted by atomic mass is 32.1. The van der Waals surface area contributed by atoms with Gasteiger partial charge in [0.1, 0.15) is 6.04 Å². The Hall–Kier alpha value is -1.20. The summed E-state index contributed by atoms with van der Waals surface area (Å²) in [6.07, 6.45) is 0. The first-order valence-corrected chi connectivity index (χ1v) is 4.69. The normalized spacial score (nSPS) is 22.8. The number of rotatable bonds is 1. The summed E-state index contributed by atoms with van der Waals surface area (Å²) in [5.74, 6) is -0.858. The van der Waals surface area contributed by atoms with Gasteiger partial charge in [-0.3, -0.25) is 14.6 Å². The molecule has 1 aliphatic rings. The summed E-state index contributed by atoms with van der Waals surface area (Å²) < 4.78 is 0. The summed E-state index contributed by atoms with van der Waals surface area (Å²) in [7, 11) is 1.55. The van der Waals surface area contributed by atoms with E-state index in [0.29, 0.717) is 0 Å². The fraction of sp³-hybridized carbons (Fsp3) is 0.250. The number of thiophene rings is 1. The van der Waals surface area contributed by atoms with Gasteiger partial charge in [0.15, 0.2) is 0 Å². The number of hydrogen-bond acceptors (Lipinski definition) is 4. The highest BCUT2D eigenvalue weighted by molar-refractivity contribution is 7.10. The Morgan fingerprint density at radius 1 is 1.54 bits per heavy atom. The van der Waals surface area contributed by atoms with Crippen LogP contribution in [0.5, 0.6) is 0 Å². The number of hydrazine groups is 1. The van der Waals surface area contributed by atoms with E-state index in [2.05, 4.69) is 5.43 Å². The van der Waals surface area contributed by atoms with E-state index in [1.807, 2.05) is 17.5 Å². The predicted molar refractivity (Wildman–Crippen MR) is 48.0 cm³/mol. The third kappa shape index (κ3) is 1.26. The van der Waals surface area contributed by atoms with Crippen molar-refractivity contribution < 1.29 is 9.59 Å². The topological polar surface area (TPSA) is 49.4 Å². The molecule has 0 radical (unpaired) electrons. The zero-order valence-electron chi connectivity index (χ0n) is 6.98. The fourth-order valence-electron chi connectivity index (χ4n) is 1.25. The monoisotopic (exact) mass is 196 g/mol. The van der Waals surface area contributed by atoms with Crippen LogP contribution in [-0.4, -0.2) is 23.7 Å². The Morgan fingerprint density at radius 3 is 2.77 bits per heavy atom. The van der Waals surface area contributed by atoms with Crippen molar-refractivity contribution in [1.29, 1.82) is 0 Å². The number of ketones is 1. The molecule has 1 aromatic rings. The maximum Gasteiger partial charge on any atom is 0.305 e. The number of Topliss-reactive ketones (excluding diaryl/α,β-unsaturated/α-hetero) is 1. The minimum absolute atomic E-state index is 0.384. The van der Waals surface area contributed by atoms with Gasteiger partial charge in [-0.15, -0.1) is 11.3 Å². The Kier molecular flexibility index (Phi) is 1.90. The maximum atomic E-state index is 11.4. The minimum atomic E-state index is -0.475. The van der Waals surface area contributed by atoms with Crippen molar-refractivity contribution in [2.75, 3.05) is 7.05 Å². The van der Waals surface area contributed by atoms with Crippen LogP contribution in [0.15, 0.2) is 17.5 Å². The zero-order chi connectivity index (χ0) is 9.42. The van der Waals surface area contributed by atoms with E-state index in [4.69, 9.17) is 0 Å². The molecule has 1 unspecified atom stereocenters. The highest BCUT2D eigenvalue weighted by Gasteiger charge is 2.37. The Morgan fingerprint density at radius 2 is 2.31 bits per heavy atom. The van der Waals surface area contributed by atoms with Gasteiger partial charge in [0.2, 0.25) is 5.78 Å². The summed E-state index contributed by atoms with van der Waals surface area (Å²) in [4.78, 5) is 23.4. The number of nitrogens with one attached hydrogen (secondary N) is 1. The molecule has 1 N–H and O–H groups in total. The van der Waals surface area contributed by atoms with Gasteiger partial charge >= 0.3 is 5.91 Å². The van der Waals surface area contributed by atoms with E-state index in [1.165, 1.54) is 16.3 Å². The maximum absolute atomic E-state index is 11.4. The molecule has 1 saturated heterocycles. The second-order valence-corrected chi connectivity index (χ2v) is 3.79. The Bertz CT molecular complexity index is 347. The largest absolute Gasteiger partial charge is 0.305 e. The molecule has 0 bridgehead atoms. The van der Waals surface area contributed by atoms with Crippen LogP contribution >= 0.6 is 11.3 Å². The van der Waals surface area contributed by atoms with Crippen molar-refractivity contribution in [2.24, 2.45) is 0 Å². The second kappa shape index (κ2) is 2.93. The second-order valence-electron chi connectivity index (χ2n) is 2.81. The molecule has 0 aliphatic carbocycles. The first-order chi connectivity index (χ1) is 6.20. The van der Waals surface area contributed by atoms with E-state index in [0.717, 1.165) is 4.88 Å². The van der Waals surface area contributed by atoms with Crippen LogP contribution in [-0.2, 0) is 9.59 Å². The third-order valence-electron chi connectivity index (χ3n) is 1.93. The van der Waals surface area contributed by atoms with E-state index in [9.17, 15) is 9.59 Å². The molecular formula is C8H8N2O2S. The molecule has 4 nitrogen and oxygen atoms in total. The summed E-state index contributed by atoms with van der Waals surface area (Å²) in [6.45, 7) is 0. The smallest absolute Gasteiger partial charge is 0.286 e. The summed E-state index contributed by atoms with van der Waals surface area (Å²) in [5, 5.41) is 3.11. The lowest BCUT2D eigenvalue weighted by molar-refractivity contribution is -0.139. The number of carbonyl (C=O) groups is 2. The molecule has 1 fully saturated rings. The predicted octanol–water partition coefficient (Wildman–Crippen LogP) is 0.335. The van der Waals surface area contributed by atoms with Gasteiger partial charge in [0.05, 0.1) is 0 Å². The van der Waals surface area contributed by atoms with Gasteiger partial charge in [-0.25, -0.2) is 5.43 Å². The van der Waals surface area contributed by atoms with Gasteiger partial charge in [-0.05, 0) is 11.4 Å². The summed E-state index contributed by atoms with van der Waals surface area (Å²) >= 11 is 1.47. The number of hydrogen-bond donors (Lipinski definition) is 1. The van der Waals surface area contributed by atoms with Gasteiger partial charge in [0.25, 0.3) is 0 Å². The van der Waals surface area contributed by atoms with Gasteiger partial charge in [-0.1, -0.05) is 6.07 Å². The lowest BCUT2D eigenvalue weighted by Crippen LogP contribution is -2.30. The summed E-state index contributed by atoms with van der Waals surface area (Å²) in [5.41, 5.74) is 2.80. The molecule has 0 saturated carbocycles. The van der Waals surface area contributed by atoms with Gasteiger partial charge < -0.3 is 0 Å². The van der Waals surface area contributed by atoms with E-state index >= 15 is 0 Å². The van der Waals surface area contributed by atoms with Crippen LogP contribution in [0.25, 0.3) is 0 Å². The lowest BCUT2D eigenvalue weighted by Gasteiger charge is -2.08. The summed E-state index contributed by atoms with van der Waals surface area (Å²) in [6, 6.07) is 3.22. The van der Waals surface area contributed by atoms with E-state index in [1.54, 1.807) is 7.05 Å². The molecule has 2 rings (SSSR count). The van der Waals surface area contributed by atoms with Crippen LogP contribution < -0.4 is 5.43 Å². The van der Waals surface area contributed by atoms with Crippen molar-refractivity contribution >= 4 is 23.0 Å². The lowest BCUT2D eigenvalue weighted by atomic mass is 10.2. The Balaban J connectivity index is 2.29. The SMILES string of the molecule is CN1NC(c2cccs2)C(=O)C1=O. The Labute approximate surface area is 79.1 Å². The molecule has 1 atom stereocenters. The first kappa shape index (κ1) is 8.40. The van der Waals surface area contributed by atoms with Crippen molar-refractivity contribution in [2.45, 2.75) is 6.04 Å². The minimum Gasteiger partial charge on any atom is -0.286 e. The zero-order valence-corrected chi connectivity index (χ0v) is 7.80. The first-order valence-electron chi connectivity index (χ1n) is 3.81. The van der Waals surface area contributed by atoms with E-state index < -0.39 is 11.9 Å².